The van der Waals surface area contributed by atoms with E-state index in [1.54, 1.807) is 10.8 Å². The van der Waals surface area contributed by atoms with Crippen LogP contribution in [0.4, 0.5) is 13.2 Å². The Morgan fingerprint density at radius 1 is 1.20 bits per heavy atom. The second-order valence-electron chi connectivity index (χ2n) is 5.50. The summed E-state index contributed by atoms with van der Waals surface area (Å²) < 4.78 is 39.5. The third kappa shape index (κ3) is 3.38. The summed E-state index contributed by atoms with van der Waals surface area (Å²) in [4.78, 5) is 16.1. The maximum atomic E-state index is 12.6. The van der Waals surface area contributed by atoms with Gasteiger partial charge in [-0.05, 0) is 29.7 Å². The highest BCUT2D eigenvalue weighted by Crippen LogP contribution is 2.29. The molecule has 2 aromatic heterocycles. The number of rotatable bonds is 4. The molecular formula is C18H12F3N3O. The monoisotopic (exact) mass is 343 g/mol. The lowest BCUT2D eigenvalue weighted by atomic mass is 10.0. The maximum Gasteiger partial charge on any atom is 0.417 e. The van der Waals surface area contributed by atoms with Gasteiger partial charge < -0.3 is 4.57 Å². The molecule has 0 saturated heterocycles. The number of alkyl halides is 3. The molecule has 2 heterocycles. The molecular weight excluding hydrogens is 331 g/mol. The lowest BCUT2D eigenvalue weighted by Gasteiger charge is -2.11. The van der Waals surface area contributed by atoms with E-state index in [1.807, 2.05) is 36.4 Å². The summed E-state index contributed by atoms with van der Waals surface area (Å²) in [6.45, 7) is -0.0611. The number of pyridine rings is 1. The third-order valence-corrected chi connectivity index (χ3v) is 3.87. The molecule has 0 spiro atoms. The van der Waals surface area contributed by atoms with Gasteiger partial charge in [0, 0.05) is 17.9 Å². The molecule has 25 heavy (non-hydrogen) atoms. The molecule has 0 amide bonds. The van der Waals surface area contributed by atoms with Crippen LogP contribution in [0.3, 0.4) is 0 Å². The number of fused-ring (bicyclic) bond motifs is 1. The Morgan fingerprint density at radius 2 is 1.96 bits per heavy atom. The smallest absolute Gasteiger partial charge is 0.340 e. The number of carbonyl (C=O) groups is 1. The van der Waals surface area contributed by atoms with Gasteiger partial charge in [-0.25, -0.2) is 0 Å². The predicted molar refractivity (Wildman–Crippen MR) is 84.5 cm³/mol. The van der Waals surface area contributed by atoms with E-state index in [9.17, 15) is 23.2 Å². The molecule has 1 unspecified atom stereocenters. The highest BCUT2D eigenvalue weighted by Gasteiger charge is 2.31. The Bertz CT molecular complexity index is 952. The van der Waals surface area contributed by atoms with Crippen molar-refractivity contribution >= 4 is 16.7 Å². The minimum absolute atomic E-state index is 0.0111. The number of ketones is 1. The Balaban J connectivity index is 1.83. The molecule has 3 aromatic rings. The van der Waals surface area contributed by atoms with Crippen molar-refractivity contribution in [2.24, 2.45) is 0 Å². The van der Waals surface area contributed by atoms with Crippen LogP contribution >= 0.6 is 0 Å². The van der Waals surface area contributed by atoms with Crippen LogP contribution in [0.15, 0.2) is 54.9 Å². The van der Waals surface area contributed by atoms with E-state index in [1.165, 1.54) is 0 Å². The van der Waals surface area contributed by atoms with Gasteiger partial charge in [0.25, 0.3) is 0 Å². The first kappa shape index (κ1) is 16.7. The number of nitriles is 1. The summed E-state index contributed by atoms with van der Waals surface area (Å²) in [7, 11) is 0. The highest BCUT2D eigenvalue weighted by molar-refractivity contribution is 5.89. The van der Waals surface area contributed by atoms with Crippen molar-refractivity contribution in [3.63, 3.8) is 0 Å². The second-order valence-corrected chi connectivity index (χ2v) is 5.50. The normalized spacial score (nSPS) is 12.7. The fourth-order valence-electron chi connectivity index (χ4n) is 2.58. The summed E-state index contributed by atoms with van der Waals surface area (Å²) in [6.07, 6.45) is -2.14. The SMILES string of the molecule is N#CC(C(=O)Cn1ccc2ccccc21)c1ccc(C(F)(F)F)cn1. The van der Waals surface area contributed by atoms with Gasteiger partial charge in [0.1, 0.15) is 5.92 Å². The molecule has 1 atom stereocenters. The maximum absolute atomic E-state index is 12.6. The van der Waals surface area contributed by atoms with Crippen LogP contribution in [0.25, 0.3) is 10.9 Å². The van der Waals surface area contributed by atoms with Gasteiger partial charge in [-0.15, -0.1) is 0 Å². The van der Waals surface area contributed by atoms with Crippen molar-refractivity contribution in [1.29, 1.82) is 5.26 Å². The molecule has 0 aliphatic heterocycles. The van der Waals surface area contributed by atoms with E-state index in [0.29, 0.717) is 6.20 Å². The molecule has 0 radical (unpaired) electrons. The van der Waals surface area contributed by atoms with E-state index in [-0.39, 0.29) is 12.2 Å². The van der Waals surface area contributed by atoms with Gasteiger partial charge in [-0.1, -0.05) is 18.2 Å². The predicted octanol–water partition coefficient (Wildman–Crippen LogP) is 3.93. The molecule has 0 aliphatic rings. The van der Waals surface area contributed by atoms with Crippen LogP contribution < -0.4 is 0 Å². The molecule has 4 nitrogen and oxygen atoms in total. The highest BCUT2D eigenvalue weighted by atomic mass is 19.4. The van der Waals surface area contributed by atoms with E-state index >= 15 is 0 Å². The summed E-state index contributed by atoms with van der Waals surface area (Å²) in [5.41, 5.74) is -0.0679. The zero-order valence-electron chi connectivity index (χ0n) is 12.9. The summed E-state index contributed by atoms with van der Waals surface area (Å²) in [6, 6.07) is 13.0. The third-order valence-electron chi connectivity index (χ3n) is 3.87. The molecule has 0 aliphatic carbocycles. The van der Waals surface area contributed by atoms with E-state index < -0.39 is 23.4 Å². The average Bonchev–Trinajstić information content (AvgIpc) is 2.98. The van der Waals surface area contributed by atoms with Gasteiger partial charge in [-0.3, -0.25) is 9.78 Å². The van der Waals surface area contributed by atoms with Crippen molar-refractivity contribution in [1.82, 2.24) is 9.55 Å². The quantitative estimate of drug-likeness (QED) is 0.721. The van der Waals surface area contributed by atoms with Crippen LogP contribution in [0, 0.1) is 11.3 Å². The Hall–Kier alpha value is -3.14. The van der Waals surface area contributed by atoms with Gasteiger partial charge in [0.2, 0.25) is 0 Å². The molecule has 0 bridgehead atoms. The van der Waals surface area contributed by atoms with Crippen molar-refractivity contribution < 1.29 is 18.0 Å². The summed E-state index contributed by atoms with van der Waals surface area (Å²) >= 11 is 0. The molecule has 3 rings (SSSR count). The van der Waals surface area contributed by atoms with Crippen LogP contribution in [0.5, 0.6) is 0 Å². The number of halogens is 3. The summed E-state index contributed by atoms with van der Waals surface area (Å²) in [5, 5.41) is 10.2. The fraction of sp³-hybridized carbons (Fsp3) is 0.167. The van der Waals surface area contributed by atoms with Gasteiger partial charge in [0.15, 0.2) is 5.78 Å². The average molecular weight is 343 g/mol. The number of aromatic nitrogens is 2. The van der Waals surface area contributed by atoms with E-state index in [2.05, 4.69) is 4.98 Å². The number of Topliss-reactive ketones (excluding diaryl/α,β-unsaturated/α-hetero) is 1. The Labute approximate surface area is 141 Å². The van der Waals surface area contributed by atoms with Crippen LogP contribution in [0.2, 0.25) is 0 Å². The van der Waals surface area contributed by atoms with Crippen molar-refractivity contribution in [3.05, 3.63) is 66.1 Å². The number of para-hydroxylation sites is 1. The molecule has 0 fully saturated rings. The van der Waals surface area contributed by atoms with Crippen molar-refractivity contribution in [2.45, 2.75) is 18.6 Å². The molecule has 1 aromatic carbocycles. The molecule has 7 heteroatoms. The first-order chi connectivity index (χ1) is 11.9. The lowest BCUT2D eigenvalue weighted by molar-refractivity contribution is -0.137. The number of hydrogen-bond donors (Lipinski definition) is 0. The molecule has 0 N–H and O–H groups in total. The van der Waals surface area contributed by atoms with Crippen molar-refractivity contribution in [3.8, 4) is 6.07 Å². The first-order valence-corrected chi connectivity index (χ1v) is 7.39. The van der Waals surface area contributed by atoms with Crippen LogP contribution in [0.1, 0.15) is 17.2 Å². The largest absolute Gasteiger partial charge is 0.417 e. The Morgan fingerprint density at radius 3 is 2.60 bits per heavy atom. The van der Waals surface area contributed by atoms with E-state index in [4.69, 9.17) is 0 Å². The first-order valence-electron chi connectivity index (χ1n) is 7.39. The fourth-order valence-corrected chi connectivity index (χ4v) is 2.58. The van der Waals surface area contributed by atoms with Gasteiger partial charge >= 0.3 is 6.18 Å². The minimum atomic E-state index is -4.51. The minimum Gasteiger partial charge on any atom is -0.340 e. The van der Waals surface area contributed by atoms with Crippen LogP contribution in [-0.2, 0) is 17.5 Å². The van der Waals surface area contributed by atoms with Gasteiger partial charge in [-0.2, -0.15) is 18.4 Å². The Kier molecular flexibility index (Phi) is 4.28. The molecule has 0 saturated carbocycles. The van der Waals surface area contributed by atoms with Gasteiger partial charge in [0.05, 0.1) is 23.9 Å². The van der Waals surface area contributed by atoms with Crippen LogP contribution in [-0.4, -0.2) is 15.3 Å². The standard InChI is InChI=1S/C18H12F3N3O/c19-18(20,21)13-5-6-15(23-10-13)14(9-22)17(25)11-24-8-7-12-3-1-2-4-16(12)24/h1-8,10,14H,11H2. The number of hydrogen-bond acceptors (Lipinski definition) is 3. The molecule has 126 valence electrons. The summed E-state index contributed by atoms with van der Waals surface area (Å²) in [5.74, 6) is -1.65. The number of nitrogens with zero attached hydrogens (tertiary/aromatic N) is 3. The topological polar surface area (TPSA) is 58.7 Å². The number of carbonyl (C=O) groups excluding carboxylic acids is 1. The second kappa shape index (κ2) is 6.40. The zero-order valence-corrected chi connectivity index (χ0v) is 12.9. The number of benzene rings is 1. The zero-order chi connectivity index (χ0) is 18.0. The van der Waals surface area contributed by atoms with Crippen molar-refractivity contribution in [2.75, 3.05) is 0 Å². The lowest BCUT2D eigenvalue weighted by Crippen LogP contribution is -2.18. The van der Waals surface area contributed by atoms with E-state index in [0.717, 1.165) is 23.0 Å².